The summed E-state index contributed by atoms with van der Waals surface area (Å²) in [5.41, 5.74) is 3.75. The molecule has 0 saturated carbocycles. The van der Waals surface area contributed by atoms with Crippen LogP contribution in [0.3, 0.4) is 0 Å². The largest absolute Gasteiger partial charge is 0.490 e. The Bertz CT molecular complexity index is 743. The van der Waals surface area contributed by atoms with E-state index in [-0.39, 0.29) is 12.0 Å². The third-order valence-corrected chi connectivity index (χ3v) is 3.37. The van der Waals surface area contributed by atoms with E-state index in [4.69, 9.17) is 21.1 Å². The average Bonchev–Trinajstić information content (AvgIpc) is 2.57. The second-order valence-electron chi connectivity index (χ2n) is 5.51. The maximum atomic E-state index is 12.0. The minimum Gasteiger partial charge on any atom is -0.490 e. The molecule has 0 fully saturated rings. The summed E-state index contributed by atoms with van der Waals surface area (Å²) in [4.78, 5) is 12.0. The lowest BCUT2D eigenvalue weighted by Gasteiger charge is -2.14. The number of hydrogen-bond acceptors (Lipinski definition) is 4. The molecule has 2 aromatic carbocycles. The molecule has 5 nitrogen and oxygen atoms in total. The van der Waals surface area contributed by atoms with Gasteiger partial charge in [-0.05, 0) is 68.8 Å². The van der Waals surface area contributed by atoms with Crippen molar-refractivity contribution in [1.82, 2.24) is 5.43 Å². The summed E-state index contributed by atoms with van der Waals surface area (Å²) in [6.07, 6.45) is 1.60. The van der Waals surface area contributed by atoms with Crippen molar-refractivity contribution in [3.05, 3.63) is 58.6 Å². The van der Waals surface area contributed by atoms with E-state index in [1.807, 2.05) is 39.0 Å². The van der Waals surface area contributed by atoms with Crippen molar-refractivity contribution >= 4 is 23.7 Å². The molecule has 0 spiro atoms. The summed E-state index contributed by atoms with van der Waals surface area (Å²) in [6.45, 7) is 6.35. The predicted octanol–water partition coefficient (Wildman–Crippen LogP) is 4.29. The van der Waals surface area contributed by atoms with Crippen LogP contribution in [-0.2, 0) is 0 Å². The molecule has 0 aliphatic carbocycles. The molecule has 0 bridgehead atoms. The first-order chi connectivity index (χ1) is 12.0. The van der Waals surface area contributed by atoms with Crippen molar-refractivity contribution in [2.24, 2.45) is 5.10 Å². The van der Waals surface area contributed by atoms with Crippen LogP contribution < -0.4 is 14.9 Å². The quantitative estimate of drug-likeness (QED) is 0.592. The molecule has 1 amide bonds. The summed E-state index contributed by atoms with van der Waals surface area (Å²) in [5, 5.41) is 4.55. The van der Waals surface area contributed by atoms with Gasteiger partial charge < -0.3 is 9.47 Å². The maximum absolute atomic E-state index is 12.0. The fraction of sp³-hybridized carbons (Fsp3) is 0.263. The topological polar surface area (TPSA) is 59.9 Å². The highest BCUT2D eigenvalue weighted by Crippen LogP contribution is 2.28. The van der Waals surface area contributed by atoms with Gasteiger partial charge in [-0.1, -0.05) is 11.6 Å². The minimum atomic E-state index is -0.308. The van der Waals surface area contributed by atoms with Gasteiger partial charge in [-0.25, -0.2) is 5.43 Å². The summed E-state index contributed by atoms with van der Waals surface area (Å²) < 4.78 is 11.3. The molecule has 6 heteroatoms. The van der Waals surface area contributed by atoms with Gasteiger partial charge in [0, 0.05) is 10.6 Å². The Morgan fingerprint density at radius 2 is 1.92 bits per heavy atom. The van der Waals surface area contributed by atoms with Crippen LogP contribution in [-0.4, -0.2) is 24.8 Å². The van der Waals surface area contributed by atoms with E-state index in [2.05, 4.69) is 10.5 Å². The second kappa shape index (κ2) is 9.08. The van der Waals surface area contributed by atoms with Crippen LogP contribution in [0.1, 0.15) is 36.7 Å². The van der Waals surface area contributed by atoms with Crippen molar-refractivity contribution in [2.45, 2.75) is 26.9 Å². The zero-order valence-corrected chi connectivity index (χ0v) is 15.2. The van der Waals surface area contributed by atoms with Gasteiger partial charge in [-0.3, -0.25) is 4.79 Å². The van der Waals surface area contributed by atoms with Crippen LogP contribution >= 0.6 is 11.6 Å². The number of carbonyl (C=O) groups excluding carboxylic acids is 1. The zero-order chi connectivity index (χ0) is 18.2. The molecule has 2 aromatic rings. The van der Waals surface area contributed by atoms with E-state index in [0.717, 1.165) is 5.56 Å². The SMILES string of the molecule is CCOc1cc(/C=N/NC(=O)c2ccc(Cl)cc2)ccc1OC(C)C. The van der Waals surface area contributed by atoms with Crippen LogP contribution in [0.2, 0.25) is 5.02 Å². The highest BCUT2D eigenvalue weighted by Gasteiger charge is 2.08. The Morgan fingerprint density at radius 1 is 1.20 bits per heavy atom. The molecular weight excluding hydrogens is 340 g/mol. The lowest BCUT2D eigenvalue weighted by molar-refractivity contribution is 0.0955. The van der Waals surface area contributed by atoms with Gasteiger partial charge in [0.1, 0.15) is 0 Å². The van der Waals surface area contributed by atoms with Gasteiger partial charge in [-0.2, -0.15) is 5.10 Å². The third kappa shape index (κ3) is 5.80. The Morgan fingerprint density at radius 3 is 2.56 bits per heavy atom. The van der Waals surface area contributed by atoms with Crippen molar-refractivity contribution < 1.29 is 14.3 Å². The molecule has 0 saturated heterocycles. The fourth-order valence-electron chi connectivity index (χ4n) is 2.06. The normalized spacial score (nSPS) is 10.9. The van der Waals surface area contributed by atoms with E-state index in [1.54, 1.807) is 30.5 Å². The molecule has 0 unspecified atom stereocenters. The number of carbonyl (C=O) groups is 1. The van der Waals surface area contributed by atoms with Crippen LogP contribution in [0.4, 0.5) is 0 Å². The predicted molar refractivity (Wildman–Crippen MR) is 99.9 cm³/mol. The van der Waals surface area contributed by atoms with Crippen LogP contribution in [0, 0.1) is 0 Å². The lowest BCUT2D eigenvalue weighted by Crippen LogP contribution is -2.17. The van der Waals surface area contributed by atoms with Gasteiger partial charge in [0.05, 0.1) is 18.9 Å². The van der Waals surface area contributed by atoms with Crippen LogP contribution in [0.5, 0.6) is 11.5 Å². The maximum Gasteiger partial charge on any atom is 0.271 e. The van der Waals surface area contributed by atoms with Gasteiger partial charge in [-0.15, -0.1) is 0 Å². The van der Waals surface area contributed by atoms with E-state index < -0.39 is 0 Å². The molecule has 0 heterocycles. The van der Waals surface area contributed by atoms with E-state index >= 15 is 0 Å². The van der Waals surface area contributed by atoms with Crippen LogP contribution in [0.15, 0.2) is 47.6 Å². The minimum absolute atomic E-state index is 0.0531. The zero-order valence-electron chi connectivity index (χ0n) is 14.5. The number of rotatable bonds is 7. The first kappa shape index (κ1) is 18.8. The van der Waals surface area contributed by atoms with Gasteiger partial charge >= 0.3 is 0 Å². The molecule has 132 valence electrons. The second-order valence-corrected chi connectivity index (χ2v) is 5.95. The van der Waals surface area contributed by atoms with Crippen molar-refractivity contribution in [3.8, 4) is 11.5 Å². The van der Waals surface area contributed by atoms with E-state index in [1.165, 1.54) is 0 Å². The highest BCUT2D eigenvalue weighted by molar-refractivity contribution is 6.30. The molecule has 0 aliphatic rings. The molecule has 0 aliphatic heterocycles. The highest BCUT2D eigenvalue weighted by atomic mass is 35.5. The number of nitrogens with zero attached hydrogens (tertiary/aromatic N) is 1. The molecule has 1 N–H and O–H groups in total. The van der Waals surface area contributed by atoms with Crippen LogP contribution in [0.25, 0.3) is 0 Å². The van der Waals surface area contributed by atoms with Crippen molar-refractivity contribution in [3.63, 3.8) is 0 Å². The van der Waals surface area contributed by atoms with Gasteiger partial charge in [0.25, 0.3) is 5.91 Å². The smallest absolute Gasteiger partial charge is 0.271 e. The first-order valence-corrected chi connectivity index (χ1v) is 8.40. The number of benzene rings is 2. The number of hydrogen-bond donors (Lipinski definition) is 1. The number of nitrogens with one attached hydrogen (secondary N) is 1. The fourth-order valence-corrected chi connectivity index (χ4v) is 2.18. The average molecular weight is 361 g/mol. The third-order valence-electron chi connectivity index (χ3n) is 3.12. The molecule has 25 heavy (non-hydrogen) atoms. The van der Waals surface area contributed by atoms with Gasteiger partial charge in [0.15, 0.2) is 11.5 Å². The first-order valence-electron chi connectivity index (χ1n) is 8.02. The van der Waals surface area contributed by atoms with Gasteiger partial charge in [0.2, 0.25) is 0 Å². The number of amides is 1. The summed E-state index contributed by atoms with van der Waals surface area (Å²) >= 11 is 5.80. The number of ether oxygens (including phenoxy) is 2. The van der Waals surface area contributed by atoms with E-state index in [0.29, 0.717) is 28.7 Å². The van der Waals surface area contributed by atoms with Crippen molar-refractivity contribution in [1.29, 1.82) is 0 Å². The number of hydrazone groups is 1. The Hall–Kier alpha value is -2.53. The molecule has 0 aromatic heterocycles. The molecular formula is C19H21ClN2O3. The summed E-state index contributed by atoms with van der Waals surface area (Å²) in [7, 11) is 0. The molecule has 2 rings (SSSR count). The Balaban J connectivity index is 2.05. The Labute approximate surface area is 152 Å². The van der Waals surface area contributed by atoms with E-state index in [9.17, 15) is 4.79 Å². The lowest BCUT2D eigenvalue weighted by atomic mass is 10.2. The Kier molecular flexibility index (Phi) is 6.83. The number of halogens is 1. The molecule has 0 radical (unpaired) electrons. The molecule has 0 atom stereocenters. The van der Waals surface area contributed by atoms with Crippen molar-refractivity contribution in [2.75, 3.05) is 6.61 Å². The summed E-state index contributed by atoms with van der Waals surface area (Å²) in [6, 6.07) is 12.1. The standard InChI is InChI=1S/C19H21ClN2O3/c1-4-24-18-11-14(5-10-17(18)25-13(2)3)12-21-22-19(23)15-6-8-16(20)9-7-15/h5-13H,4H2,1-3H3,(H,22,23)/b21-12+. The summed E-state index contributed by atoms with van der Waals surface area (Å²) in [5.74, 6) is 1.01. The monoisotopic (exact) mass is 360 g/mol.